The monoisotopic (exact) mass is 475 g/mol. The van der Waals surface area contributed by atoms with Gasteiger partial charge in [0, 0.05) is 24.8 Å². The van der Waals surface area contributed by atoms with Crippen LogP contribution in [0.5, 0.6) is 0 Å². The molecule has 3 aromatic heterocycles. The number of aliphatic hydroxyl groups is 1. The predicted octanol–water partition coefficient (Wildman–Crippen LogP) is 2.49. The van der Waals surface area contributed by atoms with Crippen molar-refractivity contribution in [3.63, 3.8) is 0 Å². The molecule has 1 atom stereocenters. The molecule has 0 radical (unpaired) electrons. The minimum absolute atomic E-state index is 0. The van der Waals surface area contributed by atoms with Crippen LogP contribution < -0.4 is 10.6 Å². The van der Waals surface area contributed by atoms with E-state index in [0.717, 1.165) is 16.4 Å². The Morgan fingerprint density at radius 1 is 1.44 bits per heavy atom. The Morgan fingerprint density at radius 3 is 2.88 bits per heavy atom. The third-order valence-electron chi connectivity index (χ3n) is 3.67. The summed E-state index contributed by atoms with van der Waals surface area (Å²) in [6.45, 7) is 4.38. The van der Waals surface area contributed by atoms with Crippen LogP contribution in [0.4, 0.5) is 0 Å². The van der Waals surface area contributed by atoms with Crippen molar-refractivity contribution in [1.29, 1.82) is 0 Å². The second-order valence-electron chi connectivity index (χ2n) is 5.79. The van der Waals surface area contributed by atoms with Gasteiger partial charge in [-0.05, 0) is 26.0 Å². The van der Waals surface area contributed by atoms with Gasteiger partial charge in [0.05, 0.1) is 18.8 Å². The second kappa shape index (κ2) is 8.19. The molecular formula is C16H22IN5O2S. The molecule has 0 saturated carbocycles. The Labute approximate surface area is 167 Å². The molecule has 136 valence electrons. The zero-order valence-corrected chi connectivity index (χ0v) is 17.5. The molecule has 0 aromatic carbocycles. The summed E-state index contributed by atoms with van der Waals surface area (Å²) >= 11 is 1.60. The SMILES string of the molecule is CN=C(NCc1cn2ccsc2n1)NCC(C)(O)c1ccc(C)o1.I. The minimum atomic E-state index is -1.12. The molecule has 1 unspecified atom stereocenters. The average molecular weight is 475 g/mol. The Morgan fingerprint density at radius 2 is 2.24 bits per heavy atom. The molecule has 3 aromatic rings. The number of halogens is 1. The molecule has 0 aliphatic rings. The molecule has 9 heteroatoms. The highest BCUT2D eigenvalue weighted by atomic mass is 127. The number of aromatic nitrogens is 2. The van der Waals surface area contributed by atoms with E-state index in [9.17, 15) is 5.11 Å². The number of fused-ring (bicyclic) bond motifs is 1. The summed E-state index contributed by atoms with van der Waals surface area (Å²) in [4.78, 5) is 9.64. The molecule has 0 amide bonds. The van der Waals surface area contributed by atoms with E-state index in [1.165, 1.54) is 0 Å². The van der Waals surface area contributed by atoms with E-state index in [4.69, 9.17) is 4.42 Å². The smallest absolute Gasteiger partial charge is 0.193 e. The van der Waals surface area contributed by atoms with Crippen molar-refractivity contribution in [2.24, 2.45) is 4.99 Å². The van der Waals surface area contributed by atoms with Gasteiger partial charge < -0.3 is 20.2 Å². The number of furan rings is 1. The maximum absolute atomic E-state index is 10.5. The third kappa shape index (κ3) is 4.73. The molecule has 0 bridgehead atoms. The van der Waals surface area contributed by atoms with Crippen LogP contribution in [-0.2, 0) is 12.1 Å². The van der Waals surface area contributed by atoms with Crippen LogP contribution in [0.15, 0.2) is 39.3 Å². The van der Waals surface area contributed by atoms with E-state index in [2.05, 4.69) is 20.6 Å². The first kappa shape index (κ1) is 19.7. The summed E-state index contributed by atoms with van der Waals surface area (Å²) in [7, 11) is 1.69. The van der Waals surface area contributed by atoms with Crippen LogP contribution in [0, 0.1) is 6.92 Å². The number of nitrogens with zero attached hydrogens (tertiary/aromatic N) is 3. The number of rotatable bonds is 5. The normalized spacial score (nSPS) is 14.2. The van der Waals surface area contributed by atoms with Gasteiger partial charge in [-0.1, -0.05) is 0 Å². The van der Waals surface area contributed by atoms with E-state index in [1.54, 1.807) is 31.4 Å². The lowest BCUT2D eigenvalue weighted by atomic mass is 10.0. The van der Waals surface area contributed by atoms with E-state index in [-0.39, 0.29) is 30.5 Å². The van der Waals surface area contributed by atoms with Crippen LogP contribution in [0.3, 0.4) is 0 Å². The number of hydrogen-bond donors (Lipinski definition) is 3. The Bertz CT molecular complexity index is 823. The maximum Gasteiger partial charge on any atom is 0.193 e. The maximum atomic E-state index is 10.5. The van der Waals surface area contributed by atoms with E-state index in [0.29, 0.717) is 18.3 Å². The quantitative estimate of drug-likeness (QED) is 0.300. The summed E-state index contributed by atoms with van der Waals surface area (Å²) in [6.07, 6.45) is 3.96. The van der Waals surface area contributed by atoms with Gasteiger partial charge in [-0.3, -0.25) is 9.39 Å². The van der Waals surface area contributed by atoms with Gasteiger partial charge in [0.2, 0.25) is 0 Å². The fraction of sp³-hybridized carbons (Fsp3) is 0.375. The zero-order valence-electron chi connectivity index (χ0n) is 14.3. The van der Waals surface area contributed by atoms with Gasteiger partial charge in [-0.2, -0.15) is 0 Å². The number of guanidine groups is 1. The van der Waals surface area contributed by atoms with Gasteiger partial charge in [0.1, 0.15) is 17.1 Å². The number of aryl methyl sites for hydroxylation is 1. The molecule has 0 aliphatic carbocycles. The number of hydrogen-bond acceptors (Lipinski definition) is 5. The summed E-state index contributed by atoms with van der Waals surface area (Å²) < 4.78 is 7.49. The number of imidazole rings is 1. The van der Waals surface area contributed by atoms with Crippen molar-refractivity contribution in [2.45, 2.75) is 26.0 Å². The highest BCUT2D eigenvalue weighted by Gasteiger charge is 2.27. The second-order valence-corrected chi connectivity index (χ2v) is 6.66. The van der Waals surface area contributed by atoms with Gasteiger partial charge in [-0.25, -0.2) is 4.98 Å². The molecule has 3 heterocycles. The van der Waals surface area contributed by atoms with Crippen molar-refractivity contribution >= 4 is 46.2 Å². The number of thiazole rings is 1. The largest absolute Gasteiger partial charge is 0.463 e. The van der Waals surface area contributed by atoms with Gasteiger partial charge >= 0.3 is 0 Å². The van der Waals surface area contributed by atoms with E-state index >= 15 is 0 Å². The summed E-state index contributed by atoms with van der Waals surface area (Å²) in [5.41, 5.74) is -0.193. The first-order valence-corrected chi connectivity index (χ1v) is 8.51. The van der Waals surface area contributed by atoms with Crippen LogP contribution >= 0.6 is 35.3 Å². The summed E-state index contributed by atoms with van der Waals surface area (Å²) in [5.74, 6) is 1.89. The lowest BCUT2D eigenvalue weighted by Gasteiger charge is -2.22. The molecule has 25 heavy (non-hydrogen) atoms. The fourth-order valence-corrected chi connectivity index (χ4v) is 3.04. The molecule has 3 N–H and O–H groups in total. The van der Waals surface area contributed by atoms with Crippen molar-refractivity contribution in [2.75, 3.05) is 13.6 Å². The standard InChI is InChI=1S/C16H21N5O2S.HI/c1-11-4-5-13(23-11)16(2,22)10-19-14(17-3)18-8-12-9-21-6-7-24-15(21)20-12;/h4-7,9,22H,8,10H2,1-3H3,(H2,17,18,19);1H. The lowest BCUT2D eigenvalue weighted by Crippen LogP contribution is -2.44. The van der Waals surface area contributed by atoms with Gasteiger partial charge in [0.15, 0.2) is 10.9 Å². The van der Waals surface area contributed by atoms with Crippen LogP contribution in [0.25, 0.3) is 4.96 Å². The zero-order chi connectivity index (χ0) is 17.2. The highest BCUT2D eigenvalue weighted by molar-refractivity contribution is 14.0. The average Bonchev–Trinajstić information content (AvgIpc) is 3.23. The molecule has 7 nitrogen and oxygen atoms in total. The van der Waals surface area contributed by atoms with E-state index < -0.39 is 5.60 Å². The number of nitrogens with one attached hydrogen (secondary N) is 2. The third-order valence-corrected chi connectivity index (χ3v) is 4.45. The predicted molar refractivity (Wildman–Crippen MR) is 110 cm³/mol. The van der Waals surface area contributed by atoms with Gasteiger partial charge in [0.25, 0.3) is 0 Å². The van der Waals surface area contributed by atoms with Crippen molar-refractivity contribution in [1.82, 2.24) is 20.0 Å². The highest BCUT2D eigenvalue weighted by Crippen LogP contribution is 2.21. The topological polar surface area (TPSA) is 87.1 Å². The molecule has 3 rings (SSSR count). The Balaban J connectivity index is 0.00000225. The molecule has 0 saturated heterocycles. The van der Waals surface area contributed by atoms with Crippen LogP contribution in [0.2, 0.25) is 0 Å². The molecular weight excluding hydrogens is 453 g/mol. The van der Waals surface area contributed by atoms with Crippen molar-refractivity contribution < 1.29 is 9.52 Å². The van der Waals surface area contributed by atoms with Gasteiger partial charge in [-0.15, -0.1) is 35.3 Å². The summed E-state index contributed by atoms with van der Waals surface area (Å²) in [5, 5.41) is 18.8. The van der Waals surface area contributed by atoms with Crippen molar-refractivity contribution in [3.05, 3.63) is 47.1 Å². The summed E-state index contributed by atoms with van der Waals surface area (Å²) in [6, 6.07) is 3.62. The minimum Gasteiger partial charge on any atom is -0.463 e. The Hall–Kier alpha value is -1.59. The fourth-order valence-electron chi connectivity index (χ4n) is 2.32. The number of aliphatic imine (C=N–C) groups is 1. The Kier molecular flexibility index (Phi) is 6.47. The first-order chi connectivity index (χ1) is 11.5. The molecule has 0 aliphatic heterocycles. The lowest BCUT2D eigenvalue weighted by molar-refractivity contribution is 0.0378. The first-order valence-electron chi connectivity index (χ1n) is 7.63. The van der Waals surface area contributed by atoms with Crippen molar-refractivity contribution in [3.8, 4) is 0 Å². The molecule has 0 fully saturated rings. The van der Waals surface area contributed by atoms with E-state index in [1.807, 2.05) is 35.2 Å². The van der Waals surface area contributed by atoms with Crippen LogP contribution in [0.1, 0.15) is 24.1 Å². The van der Waals surface area contributed by atoms with Crippen LogP contribution in [-0.4, -0.2) is 34.0 Å². The molecule has 0 spiro atoms.